The molecule has 1 aromatic heterocycles. The van der Waals surface area contributed by atoms with Crippen molar-refractivity contribution in [3.8, 4) is 16.2 Å². The molecule has 0 radical (unpaired) electrons. The number of nitrogens with zero attached hydrogens (tertiary/aromatic N) is 1. The van der Waals surface area contributed by atoms with E-state index < -0.39 is 0 Å². The summed E-state index contributed by atoms with van der Waals surface area (Å²) in [6, 6.07) is 7.53. The van der Waals surface area contributed by atoms with E-state index >= 15 is 0 Å². The van der Waals surface area contributed by atoms with Gasteiger partial charge < -0.3 is 10.8 Å². The zero-order valence-corrected chi connectivity index (χ0v) is 9.45. The molecule has 1 aliphatic rings. The predicted octanol–water partition coefficient (Wildman–Crippen LogP) is 2.33. The Morgan fingerprint density at radius 2 is 2.25 bits per heavy atom. The minimum Gasteiger partial charge on any atom is -0.508 e. The van der Waals surface area contributed by atoms with Crippen LogP contribution in [0.5, 0.6) is 5.75 Å². The van der Waals surface area contributed by atoms with Gasteiger partial charge in [0.1, 0.15) is 5.75 Å². The lowest BCUT2D eigenvalue weighted by molar-refractivity contribution is 0.475. The van der Waals surface area contributed by atoms with Gasteiger partial charge in [-0.2, -0.15) is 0 Å². The fourth-order valence-corrected chi connectivity index (χ4v) is 2.85. The maximum atomic E-state index is 9.41. The van der Waals surface area contributed by atoms with Gasteiger partial charge in [-0.1, -0.05) is 12.1 Å². The van der Waals surface area contributed by atoms with Crippen molar-refractivity contribution in [2.45, 2.75) is 18.4 Å². The average Bonchev–Trinajstić information content (AvgIpc) is 2.81. The van der Waals surface area contributed by atoms with Crippen molar-refractivity contribution >= 4 is 11.3 Å². The van der Waals surface area contributed by atoms with Crippen LogP contribution >= 0.6 is 11.3 Å². The highest BCUT2D eigenvalue weighted by molar-refractivity contribution is 7.15. The molecule has 1 aromatic carbocycles. The van der Waals surface area contributed by atoms with Gasteiger partial charge in [0.15, 0.2) is 0 Å². The van der Waals surface area contributed by atoms with Crippen LogP contribution < -0.4 is 5.73 Å². The molecular formula is C12H12N2OS. The Morgan fingerprint density at radius 3 is 2.94 bits per heavy atom. The number of phenols is 1. The van der Waals surface area contributed by atoms with Crippen LogP contribution in [-0.2, 0) is 0 Å². The Hall–Kier alpha value is -1.39. The SMILES string of the molecule is N[C@@H]1C[C@@H]1c1ncc(-c2cccc(O)c2)s1. The minimum absolute atomic E-state index is 0.288. The summed E-state index contributed by atoms with van der Waals surface area (Å²) in [5.74, 6) is 0.742. The van der Waals surface area contributed by atoms with Crippen LogP contribution in [-0.4, -0.2) is 16.1 Å². The van der Waals surface area contributed by atoms with Crippen LogP contribution in [0, 0.1) is 0 Å². The van der Waals surface area contributed by atoms with Gasteiger partial charge in [0.25, 0.3) is 0 Å². The molecule has 1 heterocycles. The van der Waals surface area contributed by atoms with Crippen molar-refractivity contribution in [2.75, 3.05) is 0 Å². The summed E-state index contributed by atoms with van der Waals surface area (Å²) in [5.41, 5.74) is 6.81. The number of rotatable bonds is 2. The van der Waals surface area contributed by atoms with E-state index in [-0.39, 0.29) is 5.75 Å². The molecule has 1 fully saturated rings. The standard InChI is InChI=1S/C12H12N2OS/c13-10-5-9(10)12-14-6-11(16-12)7-2-1-3-8(15)4-7/h1-4,6,9-10,15H,5,13H2/t9-,10+/m0/s1. The molecule has 2 aromatic rings. The summed E-state index contributed by atoms with van der Waals surface area (Å²) < 4.78 is 0. The molecule has 0 spiro atoms. The number of phenolic OH excluding ortho intramolecular Hbond substituents is 1. The van der Waals surface area contributed by atoms with E-state index in [1.54, 1.807) is 23.5 Å². The van der Waals surface area contributed by atoms with E-state index in [1.807, 2.05) is 18.3 Å². The Labute approximate surface area is 97.6 Å². The molecule has 3 nitrogen and oxygen atoms in total. The molecule has 3 rings (SSSR count). The highest BCUT2D eigenvalue weighted by Gasteiger charge is 2.37. The number of hydrogen-bond acceptors (Lipinski definition) is 4. The van der Waals surface area contributed by atoms with Crippen LogP contribution in [0.1, 0.15) is 17.3 Å². The van der Waals surface area contributed by atoms with Crippen LogP contribution in [0.25, 0.3) is 10.4 Å². The van der Waals surface area contributed by atoms with Gasteiger partial charge in [-0.3, -0.25) is 0 Å². The minimum atomic E-state index is 0.288. The molecule has 16 heavy (non-hydrogen) atoms. The average molecular weight is 232 g/mol. The lowest BCUT2D eigenvalue weighted by atomic mass is 10.2. The highest BCUT2D eigenvalue weighted by atomic mass is 32.1. The first-order valence-electron chi connectivity index (χ1n) is 5.25. The summed E-state index contributed by atoms with van der Waals surface area (Å²) in [7, 11) is 0. The predicted molar refractivity (Wildman–Crippen MR) is 64.5 cm³/mol. The van der Waals surface area contributed by atoms with E-state index in [0.717, 1.165) is 21.9 Å². The second-order valence-electron chi connectivity index (χ2n) is 4.12. The van der Waals surface area contributed by atoms with Gasteiger partial charge in [0.05, 0.1) is 9.88 Å². The van der Waals surface area contributed by atoms with Crippen LogP contribution in [0.4, 0.5) is 0 Å². The van der Waals surface area contributed by atoms with Crippen molar-refractivity contribution in [1.29, 1.82) is 0 Å². The first-order valence-corrected chi connectivity index (χ1v) is 6.06. The van der Waals surface area contributed by atoms with Gasteiger partial charge in [0.2, 0.25) is 0 Å². The monoisotopic (exact) mass is 232 g/mol. The molecule has 82 valence electrons. The van der Waals surface area contributed by atoms with E-state index in [1.165, 1.54) is 0 Å². The van der Waals surface area contributed by atoms with Crippen molar-refractivity contribution in [1.82, 2.24) is 4.98 Å². The van der Waals surface area contributed by atoms with Gasteiger partial charge in [-0.25, -0.2) is 4.98 Å². The maximum Gasteiger partial charge on any atom is 0.116 e. The molecule has 4 heteroatoms. The third kappa shape index (κ3) is 1.70. The molecule has 0 bridgehead atoms. The van der Waals surface area contributed by atoms with Crippen LogP contribution in [0.2, 0.25) is 0 Å². The van der Waals surface area contributed by atoms with E-state index in [4.69, 9.17) is 5.73 Å². The number of thiazole rings is 1. The van der Waals surface area contributed by atoms with Gasteiger partial charge in [-0.15, -0.1) is 11.3 Å². The van der Waals surface area contributed by atoms with Crippen molar-refractivity contribution in [3.63, 3.8) is 0 Å². The highest BCUT2D eigenvalue weighted by Crippen LogP contribution is 2.42. The molecule has 0 amide bonds. The van der Waals surface area contributed by atoms with Crippen molar-refractivity contribution in [2.24, 2.45) is 5.73 Å². The zero-order chi connectivity index (χ0) is 11.1. The second kappa shape index (κ2) is 3.57. The van der Waals surface area contributed by atoms with Crippen LogP contribution in [0.15, 0.2) is 30.5 Å². The molecule has 1 aliphatic carbocycles. The second-order valence-corrected chi connectivity index (χ2v) is 5.18. The largest absolute Gasteiger partial charge is 0.508 e. The normalized spacial score (nSPS) is 23.3. The Morgan fingerprint density at radius 1 is 1.44 bits per heavy atom. The smallest absolute Gasteiger partial charge is 0.116 e. The number of aromatic nitrogens is 1. The molecule has 0 saturated heterocycles. The Bertz CT molecular complexity index is 523. The Balaban J connectivity index is 1.92. The number of benzene rings is 1. The lowest BCUT2D eigenvalue weighted by Crippen LogP contribution is -2.00. The first kappa shape index (κ1) is 9.81. The molecule has 0 unspecified atom stereocenters. The quantitative estimate of drug-likeness (QED) is 0.835. The van der Waals surface area contributed by atoms with Gasteiger partial charge in [0, 0.05) is 18.2 Å². The number of nitrogens with two attached hydrogens (primary N) is 1. The number of aromatic hydroxyl groups is 1. The van der Waals surface area contributed by atoms with Crippen molar-refractivity contribution in [3.05, 3.63) is 35.5 Å². The number of hydrogen-bond donors (Lipinski definition) is 2. The summed E-state index contributed by atoms with van der Waals surface area (Å²) in [6.07, 6.45) is 2.91. The molecule has 0 aliphatic heterocycles. The summed E-state index contributed by atoms with van der Waals surface area (Å²) in [6.45, 7) is 0. The molecule has 3 N–H and O–H groups in total. The maximum absolute atomic E-state index is 9.41. The van der Waals surface area contributed by atoms with Crippen LogP contribution in [0.3, 0.4) is 0 Å². The topological polar surface area (TPSA) is 59.1 Å². The van der Waals surface area contributed by atoms with E-state index in [2.05, 4.69) is 4.98 Å². The van der Waals surface area contributed by atoms with E-state index in [0.29, 0.717) is 12.0 Å². The first-order chi connectivity index (χ1) is 7.74. The van der Waals surface area contributed by atoms with E-state index in [9.17, 15) is 5.11 Å². The summed E-state index contributed by atoms with van der Waals surface area (Å²) in [5, 5.41) is 10.5. The van der Waals surface area contributed by atoms with Crippen molar-refractivity contribution < 1.29 is 5.11 Å². The summed E-state index contributed by atoms with van der Waals surface area (Å²) >= 11 is 1.67. The third-order valence-electron chi connectivity index (χ3n) is 2.81. The Kier molecular flexibility index (Phi) is 2.19. The third-order valence-corrected chi connectivity index (χ3v) is 3.99. The van der Waals surface area contributed by atoms with Gasteiger partial charge >= 0.3 is 0 Å². The lowest BCUT2D eigenvalue weighted by Gasteiger charge is -1.96. The zero-order valence-electron chi connectivity index (χ0n) is 8.63. The molecule has 2 atom stereocenters. The fraction of sp³-hybridized carbons (Fsp3) is 0.250. The molecular weight excluding hydrogens is 220 g/mol. The van der Waals surface area contributed by atoms with Gasteiger partial charge in [-0.05, 0) is 24.1 Å². The summed E-state index contributed by atoms with van der Waals surface area (Å²) in [4.78, 5) is 5.48. The fourth-order valence-electron chi connectivity index (χ4n) is 1.75. The molecule has 1 saturated carbocycles.